The monoisotopic (exact) mass is 264 g/mol. The van der Waals surface area contributed by atoms with Gasteiger partial charge in [-0.15, -0.1) is 0 Å². The maximum atomic E-state index is 12.6. The Kier molecular flexibility index (Phi) is 3.11. The third-order valence-electron chi connectivity index (χ3n) is 3.50. The van der Waals surface area contributed by atoms with Crippen LogP contribution >= 0.6 is 0 Å². The number of aromatic nitrogens is 2. The fraction of sp³-hybridized carbons (Fsp3) is 0.176. The summed E-state index contributed by atoms with van der Waals surface area (Å²) < 4.78 is 1.70. The van der Waals surface area contributed by atoms with Crippen molar-refractivity contribution in [1.29, 1.82) is 0 Å². The van der Waals surface area contributed by atoms with Crippen LogP contribution in [-0.2, 0) is 13.5 Å². The molecule has 0 N–H and O–H groups in total. The number of rotatable bonds is 3. The van der Waals surface area contributed by atoms with Crippen LogP contribution in [0.1, 0.15) is 28.5 Å². The summed E-state index contributed by atoms with van der Waals surface area (Å²) in [6, 6.07) is 13.9. The van der Waals surface area contributed by atoms with Crippen LogP contribution in [0, 0.1) is 0 Å². The first-order valence-electron chi connectivity index (χ1n) is 6.75. The first-order chi connectivity index (χ1) is 9.69. The van der Waals surface area contributed by atoms with Crippen LogP contribution < -0.4 is 0 Å². The number of hydrogen-bond acceptors (Lipinski definition) is 2. The van der Waals surface area contributed by atoms with E-state index >= 15 is 0 Å². The van der Waals surface area contributed by atoms with Gasteiger partial charge in [0, 0.05) is 18.8 Å². The first kappa shape index (κ1) is 12.6. The lowest BCUT2D eigenvalue weighted by Gasteiger charge is -2.03. The van der Waals surface area contributed by atoms with E-state index in [1.807, 2.05) is 56.4 Å². The standard InChI is InChI=1S/C17H16N2O/c1-3-16-15(11-19(2)18-16)17(20)14-9-8-12-6-4-5-7-13(12)10-14/h4-11H,3H2,1-2H3. The van der Waals surface area contributed by atoms with Gasteiger partial charge in [-0.25, -0.2) is 0 Å². The molecule has 0 bridgehead atoms. The number of hydrogen-bond donors (Lipinski definition) is 0. The van der Waals surface area contributed by atoms with Crippen molar-refractivity contribution in [2.24, 2.45) is 7.05 Å². The summed E-state index contributed by atoms with van der Waals surface area (Å²) in [4.78, 5) is 12.6. The van der Waals surface area contributed by atoms with Crippen LogP contribution in [0.15, 0.2) is 48.7 Å². The number of nitrogens with zero attached hydrogens (tertiary/aromatic N) is 2. The summed E-state index contributed by atoms with van der Waals surface area (Å²) in [5, 5.41) is 6.56. The van der Waals surface area contributed by atoms with Gasteiger partial charge < -0.3 is 0 Å². The van der Waals surface area contributed by atoms with Gasteiger partial charge in [-0.3, -0.25) is 9.48 Å². The molecule has 0 saturated carbocycles. The maximum absolute atomic E-state index is 12.6. The summed E-state index contributed by atoms with van der Waals surface area (Å²) in [6.45, 7) is 2.01. The number of benzene rings is 2. The fourth-order valence-electron chi connectivity index (χ4n) is 2.47. The molecule has 0 spiro atoms. The minimum Gasteiger partial charge on any atom is -0.288 e. The summed E-state index contributed by atoms with van der Waals surface area (Å²) in [7, 11) is 1.84. The highest BCUT2D eigenvalue weighted by Crippen LogP contribution is 2.19. The molecule has 3 rings (SSSR count). The van der Waals surface area contributed by atoms with Crippen molar-refractivity contribution in [3.8, 4) is 0 Å². The molecular weight excluding hydrogens is 248 g/mol. The Bertz CT molecular complexity index is 787. The minimum atomic E-state index is 0.0423. The molecule has 0 aliphatic carbocycles. The summed E-state index contributed by atoms with van der Waals surface area (Å²) >= 11 is 0. The van der Waals surface area contributed by atoms with Crippen LogP contribution in [0.2, 0.25) is 0 Å². The van der Waals surface area contributed by atoms with Crippen LogP contribution in [-0.4, -0.2) is 15.6 Å². The van der Waals surface area contributed by atoms with Crippen LogP contribution in [0.25, 0.3) is 10.8 Å². The SMILES string of the molecule is CCc1nn(C)cc1C(=O)c1ccc2ccccc2c1. The van der Waals surface area contributed by atoms with E-state index < -0.39 is 0 Å². The molecule has 20 heavy (non-hydrogen) atoms. The topological polar surface area (TPSA) is 34.9 Å². The fourth-order valence-corrected chi connectivity index (χ4v) is 2.47. The molecule has 3 aromatic rings. The molecule has 0 aliphatic heterocycles. The lowest BCUT2D eigenvalue weighted by molar-refractivity contribution is 0.103. The maximum Gasteiger partial charge on any atom is 0.196 e. The number of fused-ring (bicyclic) bond motifs is 1. The molecule has 1 heterocycles. The van der Waals surface area contributed by atoms with E-state index in [9.17, 15) is 4.79 Å². The van der Waals surface area contributed by atoms with Gasteiger partial charge in [0.05, 0.1) is 11.3 Å². The number of carbonyl (C=O) groups excluding carboxylic acids is 1. The van der Waals surface area contributed by atoms with E-state index in [1.165, 1.54) is 0 Å². The van der Waals surface area contributed by atoms with E-state index in [1.54, 1.807) is 10.9 Å². The number of aryl methyl sites for hydroxylation is 2. The lowest BCUT2D eigenvalue weighted by atomic mass is 10.00. The Morgan fingerprint density at radius 2 is 1.90 bits per heavy atom. The molecule has 0 unspecified atom stereocenters. The molecule has 0 fully saturated rings. The molecule has 0 aliphatic rings. The molecule has 0 radical (unpaired) electrons. The summed E-state index contributed by atoms with van der Waals surface area (Å²) in [6.07, 6.45) is 2.56. The van der Waals surface area contributed by atoms with Crippen LogP contribution in [0.3, 0.4) is 0 Å². The van der Waals surface area contributed by atoms with Crippen molar-refractivity contribution < 1.29 is 4.79 Å². The third-order valence-corrected chi connectivity index (χ3v) is 3.50. The van der Waals surface area contributed by atoms with Crippen molar-refractivity contribution in [3.63, 3.8) is 0 Å². The van der Waals surface area contributed by atoms with E-state index in [-0.39, 0.29) is 5.78 Å². The third kappa shape index (κ3) is 2.11. The molecule has 1 aromatic heterocycles. The second-order valence-corrected chi connectivity index (χ2v) is 4.91. The molecule has 0 amide bonds. The van der Waals surface area contributed by atoms with Crippen molar-refractivity contribution in [2.75, 3.05) is 0 Å². The van der Waals surface area contributed by atoms with E-state index in [0.29, 0.717) is 11.1 Å². The van der Waals surface area contributed by atoms with Gasteiger partial charge in [0.2, 0.25) is 0 Å². The van der Waals surface area contributed by atoms with Gasteiger partial charge in [-0.05, 0) is 23.3 Å². The molecule has 3 heteroatoms. The zero-order chi connectivity index (χ0) is 14.1. The van der Waals surface area contributed by atoms with Gasteiger partial charge in [0.25, 0.3) is 0 Å². The highest BCUT2D eigenvalue weighted by Gasteiger charge is 2.16. The van der Waals surface area contributed by atoms with Gasteiger partial charge in [0.1, 0.15) is 0 Å². The Labute approximate surface area is 117 Å². The zero-order valence-corrected chi connectivity index (χ0v) is 11.6. The second-order valence-electron chi connectivity index (χ2n) is 4.91. The molecular formula is C17H16N2O. The van der Waals surface area contributed by atoms with Gasteiger partial charge in [0.15, 0.2) is 5.78 Å². The van der Waals surface area contributed by atoms with Crippen molar-refractivity contribution >= 4 is 16.6 Å². The quantitative estimate of drug-likeness (QED) is 0.680. The molecule has 100 valence electrons. The Morgan fingerprint density at radius 1 is 1.15 bits per heavy atom. The second kappa shape index (κ2) is 4.93. The molecule has 0 saturated heterocycles. The normalized spacial score (nSPS) is 10.9. The van der Waals surface area contributed by atoms with E-state index in [2.05, 4.69) is 5.10 Å². The smallest absolute Gasteiger partial charge is 0.196 e. The predicted octanol–water partition coefficient (Wildman–Crippen LogP) is 3.37. The number of ketones is 1. The van der Waals surface area contributed by atoms with Gasteiger partial charge >= 0.3 is 0 Å². The molecule has 2 aromatic carbocycles. The Hall–Kier alpha value is -2.42. The Balaban J connectivity index is 2.07. The van der Waals surface area contributed by atoms with Crippen molar-refractivity contribution in [1.82, 2.24) is 9.78 Å². The first-order valence-corrected chi connectivity index (χ1v) is 6.75. The van der Waals surface area contributed by atoms with Crippen LogP contribution in [0.5, 0.6) is 0 Å². The molecule has 0 atom stereocenters. The van der Waals surface area contributed by atoms with E-state index in [4.69, 9.17) is 0 Å². The molecule has 3 nitrogen and oxygen atoms in total. The van der Waals surface area contributed by atoms with E-state index in [0.717, 1.165) is 22.9 Å². The highest BCUT2D eigenvalue weighted by atomic mass is 16.1. The zero-order valence-electron chi connectivity index (χ0n) is 11.6. The van der Waals surface area contributed by atoms with Gasteiger partial charge in [-0.2, -0.15) is 5.10 Å². The van der Waals surface area contributed by atoms with Gasteiger partial charge in [-0.1, -0.05) is 43.3 Å². The highest BCUT2D eigenvalue weighted by molar-refractivity contribution is 6.11. The predicted molar refractivity (Wildman–Crippen MR) is 80.0 cm³/mol. The van der Waals surface area contributed by atoms with Crippen LogP contribution in [0.4, 0.5) is 0 Å². The Morgan fingerprint density at radius 3 is 2.65 bits per heavy atom. The average molecular weight is 264 g/mol. The minimum absolute atomic E-state index is 0.0423. The average Bonchev–Trinajstić information content (AvgIpc) is 2.87. The number of carbonyl (C=O) groups is 1. The summed E-state index contributed by atoms with van der Waals surface area (Å²) in [5.41, 5.74) is 2.27. The van der Waals surface area contributed by atoms with Crippen molar-refractivity contribution in [2.45, 2.75) is 13.3 Å². The van der Waals surface area contributed by atoms with Crippen molar-refractivity contribution in [3.05, 3.63) is 65.5 Å². The lowest BCUT2D eigenvalue weighted by Crippen LogP contribution is -2.03. The summed E-state index contributed by atoms with van der Waals surface area (Å²) in [5.74, 6) is 0.0423. The largest absolute Gasteiger partial charge is 0.288 e.